The van der Waals surface area contributed by atoms with Gasteiger partial charge in [0.05, 0.1) is 23.8 Å². The summed E-state index contributed by atoms with van der Waals surface area (Å²) in [6.45, 7) is 11.6. The van der Waals surface area contributed by atoms with Crippen molar-refractivity contribution in [2.24, 2.45) is 5.41 Å². The predicted octanol–water partition coefficient (Wildman–Crippen LogP) is 9.11. The van der Waals surface area contributed by atoms with E-state index in [1.165, 1.54) is 60.9 Å². The lowest BCUT2D eigenvalue weighted by atomic mass is 9.73. The van der Waals surface area contributed by atoms with Gasteiger partial charge in [-0.05, 0) is 81.5 Å². The number of hydrogen-bond donors (Lipinski definition) is 1. The van der Waals surface area contributed by atoms with Gasteiger partial charge in [0.25, 0.3) is 5.91 Å². The fourth-order valence-corrected chi connectivity index (χ4v) is 8.38. The Labute approximate surface area is 343 Å². The predicted molar refractivity (Wildman–Crippen MR) is 226 cm³/mol. The third-order valence-electron chi connectivity index (χ3n) is 10.4. The number of aldehydes is 1. The van der Waals surface area contributed by atoms with Gasteiger partial charge in [-0.1, -0.05) is 60.2 Å². The summed E-state index contributed by atoms with van der Waals surface area (Å²) in [7, 11) is 2.05. The molecule has 3 aromatic carbocycles. The Bertz CT molecular complexity index is 2190. The number of hydrogen-bond acceptors (Lipinski definition) is 9. The highest BCUT2D eigenvalue weighted by Crippen LogP contribution is 2.42. The quantitative estimate of drug-likeness (QED) is 0.180. The number of anilines is 3. The number of nitrogens with zero attached hydrogens (tertiary/aromatic N) is 3. The van der Waals surface area contributed by atoms with E-state index in [9.17, 15) is 23.2 Å². The monoisotopic (exact) mass is 808 g/mol. The second kappa shape index (κ2) is 19.4. The van der Waals surface area contributed by atoms with Gasteiger partial charge < -0.3 is 29.4 Å². The number of likely N-dealkylation sites (N-methyl/N-ethyl adjacent to an activating group) is 1. The number of aromatic nitrogens is 1. The molecule has 58 heavy (non-hydrogen) atoms. The van der Waals surface area contributed by atoms with Crippen molar-refractivity contribution < 1.29 is 32.6 Å². The number of aryl methyl sites for hydroxylation is 1. The normalized spacial score (nSPS) is 15.8. The zero-order valence-corrected chi connectivity index (χ0v) is 34.3. The summed E-state index contributed by atoms with van der Waals surface area (Å²) in [6, 6.07) is 25.2. The van der Waals surface area contributed by atoms with Gasteiger partial charge in [-0.15, -0.1) is 11.3 Å². The summed E-state index contributed by atoms with van der Waals surface area (Å²) in [6.07, 6.45) is 5.03. The molecule has 5 aromatic rings. The maximum absolute atomic E-state index is 13.8. The van der Waals surface area contributed by atoms with Gasteiger partial charge in [0.2, 0.25) is 0 Å². The Morgan fingerprint density at radius 3 is 2.24 bits per heavy atom. The summed E-state index contributed by atoms with van der Waals surface area (Å²) >= 11 is 1.35. The smallest absolute Gasteiger partial charge is 0.265 e. The Kier molecular flexibility index (Phi) is 14.2. The first-order chi connectivity index (χ1) is 27.9. The van der Waals surface area contributed by atoms with Crippen LogP contribution in [-0.4, -0.2) is 69.5 Å². The molecule has 0 radical (unpaired) electrons. The lowest BCUT2D eigenvalue weighted by Crippen LogP contribution is -2.58. The first-order valence-corrected chi connectivity index (χ1v) is 20.3. The first kappa shape index (κ1) is 42.3. The van der Waals surface area contributed by atoms with Crippen LogP contribution in [0.1, 0.15) is 69.1 Å². The number of carbonyl (C=O) groups excluding carboxylic acids is 3. The van der Waals surface area contributed by atoms with Gasteiger partial charge >= 0.3 is 0 Å². The average molecular weight is 809 g/mol. The van der Waals surface area contributed by atoms with Crippen LogP contribution in [-0.2, 0) is 33.7 Å². The molecule has 9 nitrogen and oxygen atoms in total. The molecule has 4 aliphatic heterocycles. The zero-order chi connectivity index (χ0) is 41.2. The highest BCUT2D eigenvalue weighted by Gasteiger charge is 2.44. The van der Waals surface area contributed by atoms with Crippen LogP contribution in [0.2, 0.25) is 0 Å². The molecule has 2 aromatic heterocycles. The number of ether oxygens (including phenoxy) is 2. The number of carbonyl (C=O) groups is 3. The molecule has 1 amide bonds. The van der Waals surface area contributed by atoms with E-state index in [-0.39, 0.29) is 5.78 Å². The number of Topliss-reactive ketones (excluding diaryl/α,β-unsaturated/α-hetero) is 1. The number of amides is 1. The van der Waals surface area contributed by atoms with Crippen molar-refractivity contribution in [2.75, 3.05) is 61.6 Å². The zero-order valence-electron chi connectivity index (χ0n) is 33.5. The Morgan fingerprint density at radius 2 is 1.55 bits per heavy atom. The van der Waals surface area contributed by atoms with Crippen molar-refractivity contribution in [2.45, 2.75) is 53.1 Å². The molecule has 0 unspecified atom stereocenters. The van der Waals surface area contributed by atoms with E-state index in [1.807, 2.05) is 62.5 Å². The molecule has 12 heteroatoms. The van der Waals surface area contributed by atoms with Crippen LogP contribution < -0.4 is 15.1 Å². The molecule has 2 saturated heterocycles. The van der Waals surface area contributed by atoms with Crippen LogP contribution >= 0.6 is 11.3 Å². The Hall–Kier alpha value is -5.30. The molecule has 2 fully saturated rings. The molecule has 9 rings (SSSR count). The van der Waals surface area contributed by atoms with E-state index in [0.717, 1.165) is 110 Å². The molecule has 0 saturated carbocycles. The van der Waals surface area contributed by atoms with E-state index in [0.29, 0.717) is 10.3 Å². The number of fused-ring (bicyclic) bond motifs is 4. The molecular weight excluding hydrogens is 759 g/mol. The van der Waals surface area contributed by atoms with Crippen LogP contribution in [0.15, 0.2) is 84.9 Å². The SMILES string of the molecule is CC(C)=O.CN1CCc2cc(C(=O)Nc3c(F)cccc3F)sc2-c2ccccc21.Cc1ccc(C=O)cc1.c1cc2c(nc1N1CC3(CCOCC3)C1)CCOC2. The van der Waals surface area contributed by atoms with E-state index in [4.69, 9.17) is 14.5 Å². The van der Waals surface area contributed by atoms with Crippen molar-refractivity contribution in [3.05, 3.63) is 129 Å². The van der Waals surface area contributed by atoms with E-state index in [1.54, 1.807) is 0 Å². The van der Waals surface area contributed by atoms with Gasteiger partial charge in [-0.2, -0.15) is 0 Å². The second-order valence-corrected chi connectivity index (χ2v) is 16.2. The van der Waals surface area contributed by atoms with E-state index < -0.39 is 23.2 Å². The minimum absolute atomic E-state index is 0.167. The second-order valence-electron chi connectivity index (χ2n) is 15.2. The number of para-hydroxylation sites is 2. The average Bonchev–Trinajstić information content (AvgIpc) is 3.60. The van der Waals surface area contributed by atoms with Crippen LogP contribution in [0.5, 0.6) is 0 Å². The maximum atomic E-state index is 13.8. The number of ketones is 1. The number of benzene rings is 3. The lowest BCUT2D eigenvalue weighted by Gasteiger charge is -2.52. The fraction of sp³-hybridized carbons (Fsp3) is 0.348. The fourth-order valence-electron chi connectivity index (χ4n) is 7.24. The van der Waals surface area contributed by atoms with Gasteiger partial charge in [-0.3, -0.25) is 9.59 Å². The third-order valence-corrected chi connectivity index (χ3v) is 11.7. The molecule has 0 bridgehead atoms. The lowest BCUT2D eigenvalue weighted by molar-refractivity contribution is -0.115. The third kappa shape index (κ3) is 10.6. The van der Waals surface area contributed by atoms with Crippen LogP contribution in [0, 0.1) is 24.0 Å². The molecule has 1 N–H and O–H groups in total. The highest BCUT2D eigenvalue weighted by molar-refractivity contribution is 7.17. The van der Waals surface area contributed by atoms with E-state index in [2.05, 4.69) is 33.3 Å². The standard InChI is InChI=1S/C20H16F2N2OS.C15H20N2O2.C8H8O.C3H6O/c1-24-10-9-12-11-17(26-19(12)13-5-2-3-8-16(13)24)20(25)23-18-14(21)6-4-7-15(18)22;1-2-14(16-13-3-6-19-9-12(1)13)17-10-15(11-17)4-7-18-8-5-15;1-7-2-4-8(6-9)5-3-7;1-3(2)4/h2-8,11H,9-10H2,1H3,(H,23,25);1-2H,3-11H2;2-6H,1H3;1-2H3. The minimum Gasteiger partial charge on any atom is -0.381 e. The number of rotatable bonds is 4. The summed E-state index contributed by atoms with van der Waals surface area (Å²) in [4.78, 5) is 43.0. The van der Waals surface area contributed by atoms with Crippen molar-refractivity contribution in [3.63, 3.8) is 0 Å². The van der Waals surface area contributed by atoms with Crippen molar-refractivity contribution in [1.29, 1.82) is 0 Å². The number of halogens is 2. The van der Waals surface area contributed by atoms with Gasteiger partial charge in [0.1, 0.15) is 35.2 Å². The summed E-state index contributed by atoms with van der Waals surface area (Å²) in [5.41, 5.74) is 7.77. The van der Waals surface area contributed by atoms with Crippen molar-refractivity contribution >= 4 is 46.5 Å². The molecule has 0 aliphatic carbocycles. The van der Waals surface area contributed by atoms with Gasteiger partial charge in [0.15, 0.2) is 0 Å². The molecule has 4 aliphatic rings. The van der Waals surface area contributed by atoms with Crippen LogP contribution in [0.4, 0.5) is 26.0 Å². The Balaban J connectivity index is 0.000000154. The topological polar surface area (TPSA) is 101 Å². The van der Waals surface area contributed by atoms with Gasteiger partial charge in [0, 0.05) is 73.4 Å². The number of pyridine rings is 1. The van der Waals surface area contributed by atoms with Gasteiger partial charge in [-0.25, -0.2) is 13.8 Å². The summed E-state index contributed by atoms with van der Waals surface area (Å²) in [5.74, 6) is -0.762. The summed E-state index contributed by atoms with van der Waals surface area (Å²) in [5, 5.41) is 2.36. The van der Waals surface area contributed by atoms with Crippen LogP contribution in [0.25, 0.3) is 10.4 Å². The minimum atomic E-state index is -0.788. The number of thiophene rings is 1. The molecular formula is C46H50F2N4O5S. The van der Waals surface area contributed by atoms with Crippen molar-refractivity contribution in [1.82, 2.24) is 4.98 Å². The summed E-state index contributed by atoms with van der Waals surface area (Å²) < 4.78 is 38.5. The Morgan fingerprint density at radius 1 is 0.862 bits per heavy atom. The molecule has 6 heterocycles. The maximum Gasteiger partial charge on any atom is 0.265 e. The molecule has 1 spiro atoms. The largest absolute Gasteiger partial charge is 0.381 e. The first-order valence-electron chi connectivity index (χ1n) is 19.5. The van der Waals surface area contributed by atoms with Crippen LogP contribution in [0.3, 0.4) is 0 Å². The molecule has 304 valence electrons. The molecule has 0 atom stereocenters. The highest BCUT2D eigenvalue weighted by atomic mass is 32.1. The van der Waals surface area contributed by atoms with Crippen molar-refractivity contribution in [3.8, 4) is 10.4 Å². The van der Waals surface area contributed by atoms with E-state index >= 15 is 0 Å². The number of nitrogens with one attached hydrogen (secondary N) is 1.